The third kappa shape index (κ3) is 2.37. The summed E-state index contributed by atoms with van der Waals surface area (Å²) in [5.74, 6) is 1.43. The molecule has 1 saturated heterocycles. The van der Waals surface area contributed by atoms with Crippen molar-refractivity contribution in [3.63, 3.8) is 0 Å². The van der Waals surface area contributed by atoms with Gasteiger partial charge in [0, 0.05) is 18.7 Å². The summed E-state index contributed by atoms with van der Waals surface area (Å²) in [6.07, 6.45) is 1.26. The molecule has 18 heavy (non-hydrogen) atoms. The molecule has 4 nitrogen and oxygen atoms in total. The third-order valence-electron chi connectivity index (χ3n) is 3.64. The summed E-state index contributed by atoms with van der Waals surface area (Å²) in [4.78, 5) is 0. The van der Waals surface area contributed by atoms with Crippen LogP contribution in [-0.2, 0) is 22.9 Å². The molecule has 0 radical (unpaired) electrons. The van der Waals surface area contributed by atoms with Gasteiger partial charge in [0.2, 0.25) is 0 Å². The van der Waals surface area contributed by atoms with Gasteiger partial charge in [-0.2, -0.15) is 0 Å². The van der Waals surface area contributed by atoms with Gasteiger partial charge in [-0.25, -0.2) is 8.42 Å². The molecular weight excluding hydrogens is 250 g/mol. The van der Waals surface area contributed by atoms with Gasteiger partial charge >= 0.3 is 0 Å². The summed E-state index contributed by atoms with van der Waals surface area (Å²) in [5, 5.41) is 3.30. The van der Waals surface area contributed by atoms with Crippen LogP contribution in [0.1, 0.15) is 24.0 Å². The second-order valence-electron chi connectivity index (χ2n) is 4.97. The van der Waals surface area contributed by atoms with Gasteiger partial charge in [0.25, 0.3) is 0 Å². The Morgan fingerprint density at radius 3 is 2.72 bits per heavy atom. The highest BCUT2D eigenvalue weighted by Gasteiger charge is 2.26. The van der Waals surface area contributed by atoms with Crippen molar-refractivity contribution >= 4 is 9.84 Å². The lowest BCUT2D eigenvalue weighted by molar-refractivity contribution is 0.188. The highest BCUT2D eigenvalue weighted by Crippen LogP contribution is 2.28. The zero-order valence-electron chi connectivity index (χ0n) is 10.2. The summed E-state index contributed by atoms with van der Waals surface area (Å²) in [6, 6.07) is 6.09. The molecule has 1 aromatic rings. The van der Waals surface area contributed by atoms with Gasteiger partial charge in [0.15, 0.2) is 9.84 Å². The van der Waals surface area contributed by atoms with Crippen molar-refractivity contribution in [1.82, 2.24) is 5.32 Å². The van der Waals surface area contributed by atoms with Crippen molar-refractivity contribution in [1.29, 1.82) is 0 Å². The maximum atomic E-state index is 11.4. The van der Waals surface area contributed by atoms with Crippen LogP contribution in [0.3, 0.4) is 0 Å². The molecule has 2 aliphatic rings. The quantitative estimate of drug-likeness (QED) is 0.876. The molecule has 0 atom stereocenters. The summed E-state index contributed by atoms with van der Waals surface area (Å²) in [7, 11) is -2.81. The Balaban J connectivity index is 1.73. The Hall–Kier alpha value is -1.07. The minimum atomic E-state index is -2.81. The number of ether oxygens (including phenoxy) is 1. The Morgan fingerprint density at radius 1 is 1.17 bits per heavy atom. The molecule has 1 N–H and O–H groups in total. The zero-order valence-corrected chi connectivity index (χ0v) is 11.0. The molecule has 1 fully saturated rings. The SMILES string of the molecule is O=S1(=O)CCC(Oc2cccc3c2CNC3)CC1. The number of hydrogen-bond donors (Lipinski definition) is 1. The van der Waals surface area contributed by atoms with E-state index in [0.29, 0.717) is 12.8 Å². The molecule has 0 spiro atoms. The number of hydrogen-bond acceptors (Lipinski definition) is 4. The normalized spacial score (nSPS) is 22.7. The second-order valence-corrected chi connectivity index (χ2v) is 7.27. The van der Waals surface area contributed by atoms with Crippen LogP contribution in [0.5, 0.6) is 5.75 Å². The van der Waals surface area contributed by atoms with E-state index in [4.69, 9.17) is 4.74 Å². The first-order valence-corrected chi connectivity index (χ1v) is 8.15. The van der Waals surface area contributed by atoms with Crippen LogP contribution in [0.2, 0.25) is 0 Å². The highest BCUT2D eigenvalue weighted by molar-refractivity contribution is 7.91. The largest absolute Gasteiger partial charge is 0.490 e. The molecule has 1 aromatic carbocycles. The number of benzene rings is 1. The molecule has 0 bridgehead atoms. The number of fused-ring (bicyclic) bond motifs is 1. The summed E-state index contributed by atoms with van der Waals surface area (Å²) in [6.45, 7) is 1.74. The van der Waals surface area contributed by atoms with E-state index in [1.807, 2.05) is 12.1 Å². The number of nitrogens with one attached hydrogen (secondary N) is 1. The number of sulfone groups is 1. The average molecular weight is 267 g/mol. The first-order valence-electron chi connectivity index (χ1n) is 6.33. The van der Waals surface area contributed by atoms with Gasteiger partial charge in [-0.15, -0.1) is 0 Å². The first-order chi connectivity index (χ1) is 8.64. The summed E-state index contributed by atoms with van der Waals surface area (Å²) >= 11 is 0. The first kappa shape index (κ1) is 12.0. The smallest absolute Gasteiger partial charge is 0.150 e. The van der Waals surface area contributed by atoms with Gasteiger partial charge in [0.05, 0.1) is 11.5 Å². The monoisotopic (exact) mass is 267 g/mol. The Morgan fingerprint density at radius 2 is 1.94 bits per heavy atom. The molecule has 0 amide bonds. The van der Waals surface area contributed by atoms with Crippen LogP contribution in [0.4, 0.5) is 0 Å². The maximum Gasteiger partial charge on any atom is 0.150 e. The minimum absolute atomic E-state index is 0.0422. The second kappa shape index (κ2) is 4.55. The van der Waals surface area contributed by atoms with Crippen molar-refractivity contribution < 1.29 is 13.2 Å². The van der Waals surface area contributed by atoms with Crippen LogP contribution < -0.4 is 10.1 Å². The van der Waals surface area contributed by atoms with Crippen LogP contribution in [0, 0.1) is 0 Å². The fraction of sp³-hybridized carbons (Fsp3) is 0.538. The van der Waals surface area contributed by atoms with E-state index < -0.39 is 9.84 Å². The van der Waals surface area contributed by atoms with Crippen molar-refractivity contribution in [2.75, 3.05) is 11.5 Å². The van der Waals surface area contributed by atoms with E-state index in [9.17, 15) is 8.42 Å². The van der Waals surface area contributed by atoms with E-state index in [2.05, 4.69) is 11.4 Å². The molecule has 0 saturated carbocycles. The van der Waals surface area contributed by atoms with E-state index in [-0.39, 0.29) is 17.6 Å². The fourth-order valence-corrected chi connectivity index (χ4v) is 4.02. The van der Waals surface area contributed by atoms with E-state index in [1.165, 1.54) is 11.1 Å². The molecule has 5 heteroatoms. The predicted molar refractivity (Wildman–Crippen MR) is 69.3 cm³/mol. The van der Waals surface area contributed by atoms with Crippen LogP contribution >= 0.6 is 0 Å². The van der Waals surface area contributed by atoms with Crippen LogP contribution in [0.15, 0.2) is 18.2 Å². The molecule has 3 rings (SSSR count). The fourth-order valence-electron chi connectivity index (χ4n) is 2.58. The summed E-state index contributed by atoms with van der Waals surface area (Å²) < 4.78 is 28.7. The van der Waals surface area contributed by atoms with Crippen molar-refractivity contribution in [3.05, 3.63) is 29.3 Å². The van der Waals surface area contributed by atoms with E-state index >= 15 is 0 Å². The lowest BCUT2D eigenvalue weighted by Gasteiger charge is -2.24. The van der Waals surface area contributed by atoms with Gasteiger partial charge < -0.3 is 10.1 Å². The lowest BCUT2D eigenvalue weighted by Crippen LogP contribution is -2.30. The zero-order chi connectivity index (χ0) is 12.6. The van der Waals surface area contributed by atoms with E-state index in [0.717, 1.165) is 18.8 Å². The lowest BCUT2D eigenvalue weighted by atomic mass is 10.1. The molecular formula is C13H17NO3S. The predicted octanol–water partition coefficient (Wildman–Crippen LogP) is 1.25. The molecule has 0 unspecified atom stereocenters. The maximum absolute atomic E-state index is 11.4. The standard InChI is InChI=1S/C13H17NO3S/c15-18(16)6-4-11(5-7-18)17-13-3-1-2-10-8-14-9-12(10)13/h1-3,11,14H,4-9H2. The number of rotatable bonds is 2. The topological polar surface area (TPSA) is 55.4 Å². The third-order valence-corrected chi connectivity index (χ3v) is 5.36. The Labute approximate surface area is 107 Å². The minimum Gasteiger partial charge on any atom is -0.490 e. The van der Waals surface area contributed by atoms with Crippen molar-refractivity contribution in [3.8, 4) is 5.75 Å². The molecule has 2 aliphatic heterocycles. The van der Waals surface area contributed by atoms with E-state index in [1.54, 1.807) is 0 Å². The Bertz CT molecular complexity index is 539. The molecule has 0 aromatic heterocycles. The molecule has 98 valence electrons. The highest BCUT2D eigenvalue weighted by atomic mass is 32.2. The van der Waals surface area contributed by atoms with Crippen LogP contribution in [0.25, 0.3) is 0 Å². The van der Waals surface area contributed by atoms with Crippen LogP contribution in [-0.4, -0.2) is 26.0 Å². The average Bonchev–Trinajstić information content (AvgIpc) is 2.81. The molecule has 0 aliphatic carbocycles. The summed E-state index contributed by atoms with van der Waals surface area (Å²) in [5.41, 5.74) is 2.52. The van der Waals surface area contributed by atoms with Crippen molar-refractivity contribution in [2.24, 2.45) is 0 Å². The van der Waals surface area contributed by atoms with Gasteiger partial charge in [-0.3, -0.25) is 0 Å². The van der Waals surface area contributed by atoms with Crippen molar-refractivity contribution in [2.45, 2.75) is 32.0 Å². The van der Waals surface area contributed by atoms with Gasteiger partial charge in [-0.1, -0.05) is 12.1 Å². The van der Waals surface area contributed by atoms with Gasteiger partial charge in [-0.05, 0) is 24.5 Å². The molecule has 2 heterocycles. The van der Waals surface area contributed by atoms with Gasteiger partial charge in [0.1, 0.15) is 11.9 Å². The Kier molecular flexibility index (Phi) is 3.03.